The van der Waals surface area contributed by atoms with Gasteiger partial charge in [-0.25, -0.2) is 0 Å². The molecular weight excluding hydrogens is 398 g/mol. The molecule has 0 bridgehead atoms. The Morgan fingerprint density at radius 2 is 1.00 bits per heavy atom. The van der Waals surface area contributed by atoms with E-state index < -0.39 is 15.8 Å². The molecule has 0 saturated carbocycles. The van der Waals surface area contributed by atoms with Crippen molar-refractivity contribution >= 4 is 34.5 Å². The molecule has 0 nitrogen and oxygen atoms in total. The first-order chi connectivity index (χ1) is 6.88. The Kier molecular flexibility index (Phi) is 3.81. The summed E-state index contributed by atoms with van der Waals surface area (Å²) in [6.07, 6.45) is 0. The van der Waals surface area contributed by atoms with Crippen molar-refractivity contribution in [2.75, 3.05) is 0 Å². The molecule has 0 aliphatic rings. The third kappa shape index (κ3) is 2.48. The van der Waals surface area contributed by atoms with Crippen molar-refractivity contribution < 1.29 is 0 Å². The first-order valence-electron chi connectivity index (χ1n) is 4.34. The fourth-order valence-corrected chi connectivity index (χ4v) is 7.64. The molecule has 0 N–H and O–H groups in total. The molecule has 0 unspecified atom stereocenters. The van der Waals surface area contributed by atoms with E-state index in [4.69, 9.17) is 0 Å². The van der Waals surface area contributed by atoms with E-state index in [1.54, 1.807) is 0 Å². The summed E-state index contributed by atoms with van der Waals surface area (Å²) in [5.74, 6) is 0. The van der Waals surface area contributed by atoms with E-state index in [1.807, 2.05) is 0 Å². The number of halogens is 2. The average Bonchev–Trinajstić information content (AvgIpc) is 2.30. The van der Waals surface area contributed by atoms with E-state index in [-0.39, 0.29) is 0 Å². The molecule has 2 rings (SSSR count). The van der Waals surface area contributed by atoms with Gasteiger partial charge >= 0.3 is 102 Å². The molecule has 0 atom stereocenters. The number of rotatable bonds is 2. The second-order valence-electron chi connectivity index (χ2n) is 2.83. The summed E-state index contributed by atoms with van der Waals surface area (Å²) < 4.78 is 3.03. The summed E-state index contributed by atoms with van der Waals surface area (Å²) in [6.45, 7) is 0. The average molecular weight is 408 g/mol. The van der Waals surface area contributed by atoms with Crippen molar-refractivity contribution in [3.8, 4) is 0 Å². The summed E-state index contributed by atoms with van der Waals surface area (Å²) in [4.78, 5) is 0. The minimum absolute atomic E-state index is 1.13. The Bertz CT molecular complexity index is 344. The normalized spacial score (nSPS) is 11.1. The van der Waals surface area contributed by atoms with Crippen LogP contribution in [0.25, 0.3) is 0 Å². The van der Waals surface area contributed by atoms with E-state index in [0.29, 0.717) is 0 Å². The summed E-state index contributed by atoms with van der Waals surface area (Å²) in [5, 5.41) is 0. The monoisotopic (exact) mass is 408 g/mol. The molecule has 2 heteroatoms. The van der Waals surface area contributed by atoms with Crippen LogP contribution in [-0.4, -0.2) is 0 Å². The Morgan fingerprint density at radius 1 is 0.643 bits per heavy atom. The van der Waals surface area contributed by atoms with Gasteiger partial charge in [-0.3, -0.25) is 0 Å². The van der Waals surface area contributed by atoms with Crippen LogP contribution in [0, 0.1) is 7.14 Å². The molecule has 0 saturated heterocycles. The molecule has 0 radical (unpaired) electrons. The predicted molar refractivity (Wildman–Crippen MR) is 78.3 cm³/mol. The molecule has 0 fully saturated rings. The quantitative estimate of drug-likeness (QED) is 0.639. The van der Waals surface area contributed by atoms with Crippen molar-refractivity contribution in [1.29, 1.82) is 0 Å². The molecule has 2 aromatic carbocycles. The Balaban J connectivity index is 2.30. The number of hydrogen-bond acceptors (Lipinski definition) is 0. The summed E-state index contributed by atoms with van der Waals surface area (Å²) in [7, 11) is 0. The molecule has 72 valence electrons. The van der Waals surface area contributed by atoms with Gasteiger partial charge in [0, 0.05) is 0 Å². The maximum atomic E-state index is 2.63. The van der Waals surface area contributed by atoms with Crippen molar-refractivity contribution in [2.24, 2.45) is 0 Å². The van der Waals surface area contributed by atoms with E-state index >= 15 is 0 Å². The predicted octanol–water partition coefficient (Wildman–Crippen LogP) is 4.58. The molecule has 0 spiro atoms. The zero-order chi connectivity index (χ0) is 9.80. The van der Waals surface area contributed by atoms with Gasteiger partial charge in [0.2, 0.25) is 0 Å². The van der Waals surface area contributed by atoms with Crippen LogP contribution in [0.3, 0.4) is 0 Å². The second kappa shape index (κ2) is 5.11. The van der Waals surface area contributed by atoms with Gasteiger partial charge in [0.1, 0.15) is 0 Å². The molecule has 14 heavy (non-hydrogen) atoms. The van der Waals surface area contributed by atoms with Gasteiger partial charge in [-0.05, 0) is 0 Å². The molecule has 0 heterocycles. The van der Waals surface area contributed by atoms with Crippen LogP contribution in [0.5, 0.6) is 0 Å². The number of hydrogen-bond donors (Lipinski definition) is 0. The van der Waals surface area contributed by atoms with E-state index in [1.165, 1.54) is 7.14 Å². The van der Waals surface area contributed by atoms with Gasteiger partial charge < -0.3 is 0 Å². The second-order valence-corrected chi connectivity index (χ2v) is 12.1. The molecule has 0 aliphatic carbocycles. The summed E-state index contributed by atoms with van der Waals surface area (Å²) in [5.41, 5.74) is 0. The molecular formula is C12H10I2. The summed E-state index contributed by atoms with van der Waals surface area (Å²) >= 11 is 1.50. The topological polar surface area (TPSA) is 0 Å². The van der Waals surface area contributed by atoms with Crippen molar-refractivity contribution in [1.82, 2.24) is 0 Å². The third-order valence-corrected chi connectivity index (χ3v) is 11.8. The van der Waals surface area contributed by atoms with Crippen molar-refractivity contribution in [2.45, 2.75) is 0 Å². The van der Waals surface area contributed by atoms with Crippen LogP contribution in [-0.2, 0) is 0 Å². The van der Waals surface area contributed by atoms with Gasteiger partial charge in [-0.2, -0.15) is 0 Å². The molecule has 0 aliphatic heterocycles. The van der Waals surface area contributed by atoms with E-state index in [2.05, 4.69) is 79.3 Å². The number of benzene rings is 2. The standard InChI is InChI=1S/C12H10I2/c13-14(11-7-3-1-4-8-11)12-9-5-2-6-10-12/h1-10H. The van der Waals surface area contributed by atoms with E-state index in [9.17, 15) is 0 Å². The van der Waals surface area contributed by atoms with Crippen LogP contribution in [0.4, 0.5) is 0 Å². The van der Waals surface area contributed by atoms with E-state index in [0.717, 1.165) is 0 Å². The molecule has 2 aromatic rings. The zero-order valence-corrected chi connectivity index (χ0v) is 11.8. The van der Waals surface area contributed by atoms with Crippen LogP contribution >= 0.6 is 34.5 Å². The maximum absolute atomic E-state index is 2.63. The van der Waals surface area contributed by atoms with Crippen molar-refractivity contribution in [3.05, 3.63) is 67.8 Å². The fourth-order valence-electron chi connectivity index (χ4n) is 1.18. The third-order valence-electron chi connectivity index (χ3n) is 1.85. The summed E-state index contributed by atoms with van der Waals surface area (Å²) in [6, 6.07) is 21.6. The molecule has 0 amide bonds. The van der Waals surface area contributed by atoms with Gasteiger partial charge in [0.15, 0.2) is 0 Å². The molecule has 0 aromatic heterocycles. The van der Waals surface area contributed by atoms with Crippen LogP contribution < -0.4 is 0 Å². The first kappa shape index (κ1) is 10.4. The zero-order valence-electron chi connectivity index (χ0n) is 7.53. The van der Waals surface area contributed by atoms with Gasteiger partial charge in [-0.1, -0.05) is 0 Å². The van der Waals surface area contributed by atoms with Gasteiger partial charge in [0.05, 0.1) is 0 Å². The van der Waals surface area contributed by atoms with Crippen LogP contribution in [0.2, 0.25) is 0 Å². The van der Waals surface area contributed by atoms with Gasteiger partial charge in [0.25, 0.3) is 0 Å². The minimum atomic E-state index is -1.13. The Morgan fingerprint density at radius 3 is 1.36 bits per heavy atom. The fraction of sp³-hybridized carbons (Fsp3) is 0. The van der Waals surface area contributed by atoms with Crippen molar-refractivity contribution in [3.63, 3.8) is 0 Å². The Labute approximate surface area is 101 Å². The SMILES string of the molecule is II(c1ccccc1)c1ccccc1. The Hall–Kier alpha value is -0.1000. The van der Waals surface area contributed by atoms with Gasteiger partial charge in [-0.15, -0.1) is 0 Å². The first-order valence-corrected chi connectivity index (χ1v) is 12.8. The van der Waals surface area contributed by atoms with Crippen LogP contribution in [0.1, 0.15) is 0 Å². The van der Waals surface area contributed by atoms with Crippen LogP contribution in [0.15, 0.2) is 60.7 Å².